The zero-order chi connectivity index (χ0) is 16.9. The van der Waals surface area contributed by atoms with E-state index in [1.165, 1.54) is 6.07 Å². The Labute approximate surface area is 131 Å². The highest BCUT2D eigenvalue weighted by atomic mass is 35.5. The first-order valence-corrected chi connectivity index (χ1v) is 6.97. The van der Waals surface area contributed by atoms with Crippen molar-refractivity contribution in [2.24, 2.45) is 0 Å². The number of carbonyl (C=O) groups is 2. The van der Waals surface area contributed by atoms with Gasteiger partial charge >= 0.3 is 6.18 Å². The van der Waals surface area contributed by atoms with Gasteiger partial charge in [0.2, 0.25) is 11.8 Å². The number of nitrogens with one attached hydrogen (secondary N) is 2. The maximum Gasteiger partial charge on any atom is 0.418 e. The molecule has 0 saturated heterocycles. The maximum atomic E-state index is 12.9. The summed E-state index contributed by atoms with van der Waals surface area (Å²) >= 11 is 5.54. The number of benzene rings is 1. The summed E-state index contributed by atoms with van der Waals surface area (Å²) in [5.74, 6) is -1.37. The predicted molar refractivity (Wildman–Crippen MR) is 77.6 cm³/mol. The fourth-order valence-electron chi connectivity index (χ4n) is 1.63. The van der Waals surface area contributed by atoms with E-state index in [9.17, 15) is 22.8 Å². The standard InChI is InChI=1S/C14H16ClF3N2O2/c1-3-8(2)19-12(21)7-13(22)20-11-5-4-9(15)6-10(11)14(16,17)18/h4-6,8H,3,7H2,1-2H3,(H,19,21)(H,20,22). The minimum absolute atomic E-state index is 0.0974. The summed E-state index contributed by atoms with van der Waals surface area (Å²) in [7, 11) is 0. The second-order valence-corrected chi connectivity index (χ2v) is 5.23. The molecular weight excluding hydrogens is 321 g/mol. The van der Waals surface area contributed by atoms with Crippen molar-refractivity contribution >= 4 is 29.1 Å². The van der Waals surface area contributed by atoms with Crippen molar-refractivity contribution in [3.05, 3.63) is 28.8 Å². The van der Waals surface area contributed by atoms with E-state index < -0.39 is 35.7 Å². The van der Waals surface area contributed by atoms with E-state index in [4.69, 9.17) is 11.6 Å². The Balaban J connectivity index is 2.79. The van der Waals surface area contributed by atoms with Crippen molar-refractivity contribution in [1.82, 2.24) is 5.32 Å². The molecule has 0 aliphatic rings. The van der Waals surface area contributed by atoms with Gasteiger partial charge in [-0.3, -0.25) is 9.59 Å². The largest absolute Gasteiger partial charge is 0.418 e. The lowest BCUT2D eigenvalue weighted by atomic mass is 10.1. The molecule has 0 aliphatic carbocycles. The summed E-state index contributed by atoms with van der Waals surface area (Å²) in [5.41, 5.74) is -1.49. The van der Waals surface area contributed by atoms with Crippen molar-refractivity contribution in [2.45, 2.75) is 38.9 Å². The molecule has 1 atom stereocenters. The minimum atomic E-state index is -4.66. The summed E-state index contributed by atoms with van der Waals surface area (Å²) in [6.07, 6.45) is -4.53. The first-order chi connectivity index (χ1) is 10.1. The van der Waals surface area contributed by atoms with Gasteiger partial charge in [-0.25, -0.2) is 0 Å². The van der Waals surface area contributed by atoms with Gasteiger partial charge in [0.25, 0.3) is 0 Å². The fourth-order valence-corrected chi connectivity index (χ4v) is 1.80. The summed E-state index contributed by atoms with van der Waals surface area (Å²) in [6.45, 7) is 3.62. The van der Waals surface area contributed by atoms with Crippen LogP contribution >= 0.6 is 11.6 Å². The van der Waals surface area contributed by atoms with Crippen LogP contribution in [0.4, 0.5) is 18.9 Å². The molecule has 0 bridgehead atoms. The predicted octanol–water partition coefficient (Wildman–Crippen LogP) is 3.60. The molecule has 122 valence electrons. The van der Waals surface area contributed by atoms with Crippen molar-refractivity contribution < 1.29 is 22.8 Å². The summed E-state index contributed by atoms with van der Waals surface area (Å²) < 4.78 is 38.6. The quantitative estimate of drug-likeness (QED) is 0.807. The first-order valence-electron chi connectivity index (χ1n) is 6.59. The molecule has 8 heteroatoms. The smallest absolute Gasteiger partial charge is 0.353 e. The Kier molecular flexibility index (Phi) is 6.22. The van der Waals surface area contributed by atoms with Gasteiger partial charge in [0, 0.05) is 11.1 Å². The number of hydrogen-bond donors (Lipinski definition) is 2. The molecule has 0 saturated carbocycles. The number of hydrogen-bond acceptors (Lipinski definition) is 2. The average molecular weight is 337 g/mol. The van der Waals surface area contributed by atoms with Gasteiger partial charge in [0.1, 0.15) is 6.42 Å². The van der Waals surface area contributed by atoms with Crippen LogP contribution in [0.3, 0.4) is 0 Å². The van der Waals surface area contributed by atoms with Gasteiger partial charge < -0.3 is 10.6 Å². The fraction of sp³-hybridized carbons (Fsp3) is 0.429. The van der Waals surface area contributed by atoms with Crippen LogP contribution in [0.15, 0.2) is 18.2 Å². The summed E-state index contributed by atoms with van der Waals surface area (Å²) in [5, 5.41) is 4.55. The summed E-state index contributed by atoms with van der Waals surface area (Å²) in [4.78, 5) is 23.2. The Bertz CT molecular complexity index is 562. The second-order valence-electron chi connectivity index (χ2n) is 4.79. The molecule has 1 unspecified atom stereocenters. The molecule has 1 aromatic rings. The Morgan fingerprint density at radius 2 is 1.91 bits per heavy atom. The van der Waals surface area contributed by atoms with E-state index in [0.717, 1.165) is 12.1 Å². The molecule has 0 aliphatic heterocycles. The van der Waals surface area contributed by atoms with Crippen LogP contribution in [-0.4, -0.2) is 17.9 Å². The number of carbonyl (C=O) groups excluding carboxylic acids is 2. The summed E-state index contributed by atoms with van der Waals surface area (Å²) in [6, 6.07) is 2.89. The van der Waals surface area contributed by atoms with Crippen LogP contribution in [0, 0.1) is 0 Å². The lowest BCUT2D eigenvalue weighted by molar-refractivity contribution is -0.137. The highest BCUT2D eigenvalue weighted by Crippen LogP contribution is 2.36. The number of anilines is 1. The Morgan fingerprint density at radius 1 is 1.27 bits per heavy atom. The molecule has 4 nitrogen and oxygen atoms in total. The van der Waals surface area contributed by atoms with E-state index in [1.807, 2.05) is 6.92 Å². The van der Waals surface area contributed by atoms with Crippen LogP contribution in [0.5, 0.6) is 0 Å². The number of halogens is 4. The van der Waals surface area contributed by atoms with E-state index in [0.29, 0.717) is 6.42 Å². The van der Waals surface area contributed by atoms with E-state index in [2.05, 4.69) is 10.6 Å². The molecule has 1 rings (SSSR count). The molecule has 0 spiro atoms. The van der Waals surface area contributed by atoms with Crippen LogP contribution in [0.25, 0.3) is 0 Å². The van der Waals surface area contributed by atoms with E-state index in [-0.39, 0.29) is 11.1 Å². The van der Waals surface area contributed by atoms with Gasteiger partial charge in [-0.05, 0) is 31.5 Å². The molecule has 1 aromatic carbocycles. The third-order valence-electron chi connectivity index (χ3n) is 2.90. The average Bonchev–Trinajstić information content (AvgIpc) is 2.39. The molecule has 0 aromatic heterocycles. The highest BCUT2D eigenvalue weighted by Gasteiger charge is 2.34. The molecule has 2 N–H and O–H groups in total. The number of alkyl halides is 3. The van der Waals surface area contributed by atoms with E-state index in [1.54, 1.807) is 6.92 Å². The zero-order valence-corrected chi connectivity index (χ0v) is 12.8. The van der Waals surface area contributed by atoms with Gasteiger partial charge in [0.15, 0.2) is 0 Å². The second kappa shape index (κ2) is 7.49. The Morgan fingerprint density at radius 3 is 2.45 bits per heavy atom. The van der Waals surface area contributed by atoms with Gasteiger partial charge in [-0.15, -0.1) is 0 Å². The van der Waals surface area contributed by atoms with Crippen LogP contribution in [0.1, 0.15) is 32.3 Å². The van der Waals surface area contributed by atoms with Gasteiger partial charge in [-0.1, -0.05) is 18.5 Å². The SMILES string of the molecule is CCC(C)NC(=O)CC(=O)Nc1ccc(Cl)cc1C(F)(F)F. The third kappa shape index (κ3) is 5.55. The first kappa shape index (κ1) is 18.3. The normalized spacial score (nSPS) is 12.6. The van der Waals surface area contributed by atoms with E-state index >= 15 is 0 Å². The van der Waals surface area contributed by atoms with Crippen LogP contribution < -0.4 is 10.6 Å². The zero-order valence-electron chi connectivity index (χ0n) is 12.1. The molecular formula is C14H16ClF3N2O2. The monoisotopic (exact) mass is 336 g/mol. The number of amides is 2. The topological polar surface area (TPSA) is 58.2 Å². The lowest BCUT2D eigenvalue weighted by Gasteiger charge is -2.15. The maximum absolute atomic E-state index is 12.9. The van der Waals surface area contributed by atoms with Gasteiger partial charge in [0.05, 0.1) is 11.3 Å². The van der Waals surface area contributed by atoms with Crippen molar-refractivity contribution in [3.63, 3.8) is 0 Å². The van der Waals surface area contributed by atoms with Crippen molar-refractivity contribution in [3.8, 4) is 0 Å². The molecule has 22 heavy (non-hydrogen) atoms. The highest BCUT2D eigenvalue weighted by molar-refractivity contribution is 6.30. The minimum Gasteiger partial charge on any atom is -0.353 e. The molecule has 0 fully saturated rings. The third-order valence-corrected chi connectivity index (χ3v) is 3.14. The molecule has 0 heterocycles. The van der Waals surface area contributed by atoms with Crippen molar-refractivity contribution in [2.75, 3.05) is 5.32 Å². The molecule has 0 radical (unpaired) electrons. The van der Waals surface area contributed by atoms with Crippen LogP contribution in [-0.2, 0) is 15.8 Å². The van der Waals surface area contributed by atoms with Gasteiger partial charge in [-0.2, -0.15) is 13.2 Å². The van der Waals surface area contributed by atoms with Crippen molar-refractivity contribution in [1.29, 1.82) is 0 Å². The Hall–Kier alpha value is -1.76. The molecule has 2 amide bonds. The lowest BCUT2D eigenvalue weighted by Crippen LogP contribution is -2.34. The van der Waals surface area contributed by atoms with Crippen LogP contribution in [0.2, 0.25) is 5.02 Å². The number of rotatable bonds is 5.